The molecule has 3 aromatic rings. The van der Waals surface area contributed by atoms with Gasteiger partial charge < -0.3 is 9.80 Å². The van der Waals surface area contributed by atoms with Crippen molar-refractivity contribution in [1.29, 1.82) is 0 Å². The van der Waals surface area contributed by atoms with E-state index in [-0.39, 0.29) is 29.1 Å². The van der Waals surface area contributed by atoms with Gasteiger partial charge in [-0.2, -0.15) is 4.98 Å². The Morgan fingerprint density at radius 1 is 1.18 bits per heavy atom. The summed E-state index contributed by atoms with van der Waals surface area (Å²) in [6.45, 7) is 11.2. The van der Waals surface area contributed by atoms with E-state index in [0.717, 1.165) is 52.4 Å². The fraction of sp³-hybridized carbons (Fsp3) is 0.433. The van der Waals surface area contributed by atoms with E-state index in [1.165, 1.54) is 6.08 Å². The van der Waals surface area contributed by atoms with Gasteiger partial charge in [0.25, 0.3) is 0 Å². The lowest BCUT2D eigenvalue weighted by molar-refractivity contribution is -0.130. The van der Waals surface area contributed by atoms with Gasteiger partial charge in [-0.1, -0.05) is 13.0 Å². The zero-order chi connectivity index (χ0) is 28.5. The molecule has 10 heteroatoms. The molecule has 2 fully saturated rings. The Bertz CT molecular complexity index is 1620. The van der Waals surface area contributed by atoms with Gasteiger partial charge in [0.15, 0.2) is 0 Å². The zero-order valence-corrected chi connectivity index (χ0v) is 25.7. The zero-order valence-electron chi connectivity index (χ0n) is 22.8. The molecular weight excluding hydrogens is 645 g/mol. The third-order valence-electron chi connectivity index (χ3n) is 8.75. The number of carbonyl (C=O) groups is 1. The highest BCUT2D eigenvalue weighted by molar-refractivity contribution is 14.1. The molecule has 2 atom stereocenters. The van der Waals surface area contributed by atoms with Gasteiger partial charge in [0.1, 0.15) is 17.5 Å². The van der Waals surface area contributed by atoms with Crippen LogP contribution in [0.15, 0.2) is 40.5 Å². The number of benzene rings is 2. The third-order valence-corrected chi connectivity index (χ3v) is 11.0. The molecule has 0 radical (unpaired) electrons. The first-order valence-electron chi connectivity index (χ1n) is 13.6. The molecule has 2 aromatic carbocycles. The van der Waals surface area contributed by atoms with E-state index in [1.54, 1.807) is 22.4 Å². The normalized spacial score (nSPS) is 21.9. The second kappa shape index (κ2) is 10.1. The number of aryl methyl sites for hydroxylation is 1. The van der Waals surface area contributed by atoms with Crippen molar-refractivity contribution in [3.05, 3.63) is 62.1 Å². The number of thioether (sulfide) groups is 1. The maximum atomic E-state index is 15.3. The Hall–Kier alpha value is -2.47. The first-order valence-corrected chi connectivity index (χ1v) is 15.7. The minimum atomic E-state index is -0.617. The molecule has 1 aromatic heterocycles. The van der Waals surface area contributed by atoms with Crippen molar-refractivity contribution in [3.8, 4) is 11.1 Å². The molecule has 40 heavy (non-hydrogen) atoms. The molecular formula is C30H31F2IN4O2S. The highest BCUT2D eigenvalue weighted by atomic mass is 127. The van der Waals surface area contributed by atoms with Crippen LogP contribution in [0, 0.1) is 27.5 Å². The quantitative estimate of drug-likeness (QED) is 0.190. The summed E-state index contributed by atoms with van der Waals surface area (Å²) < 4.78 is 31.7. The second-order valence-corrected chi connectivity index (χ2v) is 13.7. The molecule has 0 bridgehead atoms. The molecule has 0 N–H and O–H groups in total. The maximum Gasteiger partial charge on any atom is 0.350 e. The Labute approximate surface area is 250 Å². The van der Waals surface area contributed by atoms with Gasteiger partial charge in [0.2, 0.25) is 5.91 Å². The van der Waals surface area contributed by atoms with Crippen LogP contribution in [0.4, 0.5) is 14.6 Å². The number of amides is 1. The summed E-state index contributed by atoms with van der Waals surface area (Å²) in [6, 6.07) is 4.29. The fourth-order valence-corrected chi connectivity index (χ4v) is 8.79. The van der Waals surface area contributed by atoms with Crippen LogP contribution in [-0.2, 0) is 11.3 Å². The first-order chi connectivity index (χ1) is 19.0. The van der Waals surface area contributed by atoms with Crippen LogP contribution in [0.2, 0.25) is 0 Å². The average molecular weight is 677 g/mol. The van der Waals surface area contributed by atoms with Gasteiger partial charge in [-0.25, -0.2) is 13.6 Å². The van der Waals surface area contributed by atoms with Crippen LogP contribution in [0.3, 0.4) is 0 Å². The topological polar surface area (TPSA) is 58.4 Å². The molecule has 2 aliphatic heterocycles. The van der Waals surface area contributed by atoms with E-state index < -0.39 is 11.6 Å². The smallest absolute Gasteiger partial charge is 0.350 e. The SMILES string of the molecule is C=CC(=O)N1[C@H](C)CN(c2nc(=O)n3c4c(c(-c5cc(I)c(F)cc5F)c(C)cc24)SCC2(CCC2)C3)C[C@@H]1C. The van der Waals surface area contributed by atoms with Crippen LogP contribution >= 0.6 is 34.4 Å². The van der Waals surface area contributed by atoms with Crippen LogP contribution in [0.5, 0.6) is 0 Å². The standard InChI is InChI=1S/C30H31F2IN4O2S/c1-5-24(38)37-17(3)12-35(13-18(37)4)28-20-9-16(2)25(19-10-23(33)22(32)11-21(19)31)27-26(20)36(29(39)34-28)14-30(15-40-27)7-6-8-30/h5,9-11,17-18H,1,6-8,12-15H2,2-4H3/t17-,18+. The number of carbonyl (C=O) groups excluding carboxylic acids is 1. The van der Waals surface area contributed by atoms with Crippen molar-refractivity contribution in [2.45, 2.75) is 63.6 Å². The van der Waals surface area contributed by atoms with E-state index in [0.29, 0.717) is 40.1 Å². The molecule has 1 aliphatic carbocycles. The Morgan fingerprint density at radius 2 is 1.88 bits per heavy atom. The average Bonchev–Trinajstić information content (AvgIpc) is 3.07. The van der Waals surface area contributed by atoms with Crippen LogP contribution < -0.4 is 10.6 Å². The molecule has 3 heterocycles. The van der Waals surface area contributed by atoms with E-state index in [9.17, 15) is 14.0 Å². The predicted molar refractivity (Wildman–Crippen MR) is 164 cm³/mol. The van der Waals surface area contributed by atoms with Gasteiger partial charge in [-0.3, -0.25) is 9.36 Å². The number of nitrogens with zero attached hydrogens (tertiary/aromatic N) is 4. The molecule has 210 valence electrons. The summed E-state index contributed by atoms with van der Waals surface area (Å²) in [5, 5.41) is 0.847. The summed E-state index contributed by atoms with van der Waals surface area (Å²) in [5.41, 5.74) is 2.35. The molecule has 6 rings (SSSR count). The number of halogens is 3. The minimum absolute atomic E-state index is 0.00425. The number of anilines is 1. The summed E-state index contributed by atoms with van der Waals surface area (Å²) in [4.78, 5) is 35.7. The summed E-state index contributed by atoms with van der Waals surface area (Å²) in [6.07, 6.45) is 4.54. The van der Waals surface area contributed by atoms with E-state index >= 15 is 4.39 Å². The van der Waals surface area contributed by atoms with Crippen molar-refractivity contribution in [3.63, 3.8) is 0 Å². The fourth-order valence-electron chi connectivity index (χ4n) is 6.72. The Kier molecular flexibility index (Phi) is 7.00. The van der Waals surface area contributed by atoms with Crippen molar-refractivity contribution in [1.82, 2.24) is 14.5 Å². The molecule has 3 aliphatic rings. The third kappa shape index (κ3) is 4.36. The minimum Gasteiger partial charge on any atom is -0.352 e. The van der Waals surface area contributed by atoms with Crippen molar-refractivity contribution in [2.75, 3.05) is 23.7 Å². The predicted octanol–water partition coefficient (Wildman–Crippen LogP) is 6.14. The largest absolute Gasteiger partial charge is 0.352 e. The van der Waals surface area contributed by atoms with E-state index in [2.05, 4.69) is 16.5 Å². The van der Waals surface area contributed by atoms with Crippen molar-refractivity contribution < 1.29 is 13.6 Å². The van der Waals surface area contributed by atoms with Gasteiger partial charge in [0.05, 0.1) is 5.52 Å². The Balaban J connectivity index is 1.59. The molecule has 1 amide bonds. The monoisotopic (exact) mass is 676 g/mol. The Morgan fingerprint density at radius 3 is 2.50 bits per heavy atom. The van der Waals surface area contributed by atoms with Crippen LogP contribution in [0.25, 0.3) is 22.0 Å². The van der Waals surface area contributed by atoms with Gasteiger partial charge in [-0.15, -0.1) is 11.8 Å². The lowest BCUT2D eigenvalue weighted by Crippen LogP contribution is -2.58. The second-order valence-electron chi connectivity index (χ2n) is 11.5. The molecule has 6 nitrogen and oxygen atoms in total. The molecule has 1 saturated carbocycles. The number of aromatic nitrogens is 2. The number of hydrogen-bond acceptors (Lipinski definition) is 5. The van der Waals surface area contributed by atoms with Crippen molar-refractivity contribution in [2.24, 2.45) is 5.41 Å². The first kappa shape index (κ1) is 27.7. The molecule has 1 spiro atoms. The summed E-state index contributed by atoms with van der Waals surface area (Å²) in [7, 11) is 0. The van der Waals surface area contributed by atoms with E-state index in [1.807, 2.05) is 54.3 Å². The highest BCUT2D eigenvalue weighted by Gasteiger charge is 2.41. The number of rotatable bonds is 3. The van der Waals surface area contributed by atoms with Crippen LogP contribution in [-0.4, -0.2) is 51.3 Å². The lowest BCUT2D eigenvalue weighted by atomic mass is 9.70. The highest BCUT2D eigenvalue weighted by Crippen LogP contribution is 2.52. The number of piperazine rings is 1. The lowest BCUT2D eigenvalue weighted by Gasteiger charge is -2.45. The number of hydrogen-bond donors (Lipinski definition) is 0. The summed E-state index contributed by atoms with van der Waals surface area (Å²) in [5.74, 6) is 0.0999. The van der Waals surface area contributed by atoms with Gasteiger partial charge in [0, 0.05) is 68.5 Å². The van der Waals surface area contributed by atoms with E-state index in [4.69, 9.17) is 0 Å². The van der Waals surface area contributed by atoms with Crippen molar-refractivity contribution >= 4 is 57.0 Å². The molecule has 1 saturated heterocycles. The summed E-state index contributed by atoms with van der Waals surface area (Å²) >= 11 is 3.57. The van der Waals surface area contributed by atoms with Gasteiger partial charge in [-0.05, 0) is 85.4 Å². The van der Waals surface area contributed by atoms with Gasteiger partial charge >= 0.3 is 5.69 Å². The maximum absolute atomic E-state index is 15.3. The molecule has 0 unspecified atom stereocenters. The van der Waals surface area contributed by atoms with Crippen LogP contribution in [0.1, 0.15) is 38.7 Å².